The van der Waals surface area contributed by atoms with Crippen LogP contribution in [0.5, 0.6) is 0 Å². The molecule has 0 aliphatic carbocycles. The summed E-state index contributed by atoms with van der Waals surface area (Å²) in [7, 11) is -7.48. The van der Waals surface area contributed by atoms with Gasteiger partial charge in [-0.1, -0.05) is 53.5 Å². The normalized spacial score (nSPS) is 12.7. The van der Waals surface area contributed by atoms with E-state index >= 15 is 0 Å². The van der Waals surface area contributed by atoms with Crippen LogP contribution in [0, 0.1) is 0 Å². The lowest BCUT2D eigenvalue weighted by atomic mass is 10.1. The zero-order chi connectivity index (χ0) is 25.1. The maximum absolute atomic E-state index is 13.4. The zero-order valence-corrected chi connectivity index (χ0v) is 21.4. The van der Waals surface area contributed by atoms with Gasteiger partial charge in [0.05, 0.1) is 26.5 Å². The molecule has 0 saturated carbocycles. The highest BCUT2D eigenvalue weighted by Gasteiger charge is 2.29. The van der Waals surface area contributed by atoms with Crippen LogP contribution >= 0.6 is 23.2 Å². The van der Waals surface area contributed by atoms with Gasteiger partial charge in [0, 0.05) is 11.3 Å². The van der Waals surface area contributed by atoms with Crippen molar-refractivity contribution in [1.29, 1.82) is 0 Å². The lowest BCUT2D eigenvalue weighted by Gasteiger charge is -2.26. The number of nitrogens with zero attached hydrogens (tertiary/aromatic N) is 1. The Morgan fingerprint density at radius 2 is 1.53 bits per heavy atom. The first-order valence-corrected chi connectivity index (χ1v) is 14.1. The van der Waals surface area contributed by atoms with Crippen molar-refractivity contribution < 1.29 is 21.6 Å². The highest BCUT2D eigenvalue weighted by molar-refractivity contribution is 7.93. The molecular weight excluding hydrogens is 519 g/mol. The minimum absolute atomic E-state index is 0.00164. The summed E-state index contributed by atoms with van der Waals surface area (Å²) in [6.07, 6.45) is 1.11. The van der Waals surface area contributed by atoms with E-state index < -0.39 is 38.4 Å². The van der Waals surface area contributed by atoms with Gasteiger partial charge in [-0.25, -0.2) is 16.8 Å². The molecule has 3 aromatic carbocycles. The average Bonchev–Trinajstić information content (AvgIpc) is 2.78. The van der Waals surface area contributed by atoms with Crippen molar-refractivity contribution in [2.75, 3.05) is 17.1 Å². The van der Waals surface area contributed by atoms with Gasteiger partial charge in [-0.05, 0) is 55.0 Å². The topological polar surface area (TPSA) is 101 Å². The van der Waals surface area contributed by atoms with Gasteiger partial charge >= 0.3 is 0 Å². The molecule has 3 rings (SSSR count). The highest BCUT2D eigenvalue weighted by atomic mass is 35.5. The second-order valence-electron chi connectivity index (χ2n) is 7.55. The summed E-state index contributed by atoms with van der Waals surface area (Å²) in [6.45, 7) is 1.17. The largest absolute Gasteiger partial charge is 0.348 e. The number of halogens is 2. The smallest absolute Gasteiger partial charge is 0.264 e. The molecule has 0 aromatic heterocycles. The number of carbonyl (C=O) groups excluding carboxylic acids is 1. The van der Waals surface area contributed by atoms with E-state index in [4.69, 9.17) is 23.2 Å². The Morgan fingerprint density at radius 3 is 2.09 bits per heavy atom. The third kappa shape index (κ3) is 6.09. The fourth-order valence-corrected chi connectivity index (χ4v) is 5.86. The number of amides is 1. The molecule has 0 spiro atoms. The summed E-state index contributed by atoms with van der Waals surface area (Å²) < 4.78 is 51.0. The summed E-state index contributed by atoms with van der Waals surface area (Å²) in [5.41, 5.74) is 0.762. The number of nitrogens with one attached hydrogen (secondary N) is 1. The van der Waals surface area contributed by atoms with Gasteiger partial charge in [-0.3, -0.25) is 9.10 Å². The molecule has 0 heterocycles. The van der Waals surface area contributed by atoms with E-state index in [9.17, 15) is 21.6 Å². The molecule has 34 heavy (non-hydrogen) atoms. The molecule has 180 valence electrons. The minimum atomic E-state index is -4.13. The monoisotopic (exact) mass is 540 g/mol. The van der Waals surface area contributed by atoms with Crippen LogP contribution in [0.25, 0.3) is 0 Å². The fraction of sp³-hybridized carbons (Fsp3) is 0.174. The number of hydrogen-bond acceptors (Lipinski definition) is 5. The van der Waals surface area contributed by atoms with Gasteiger partial charge in [-0.2, -0.15) is 0 Å². The quantitative estimate of drug-likeness (QED) is 0.454. The maximum atomic E-state index is 13.4. The number of hydrogen-bond donors (Lipinski definition) is 1. The standard InChI is InChI=1S/C23H22Cl2N2O5S2/c1-16(17-8-11-19(12-9-17)33(2,29)30)26-23(28)15-27(22-13-10-18(24)14-21(22)25)34(31,32)20-6-4-3-5-7-20/h3-14,16H,15H2,1-2H3,(H,26,28). The summed E-state index contributed by atoms with van der Waals surface area (Å²) in [5.74, 6) is -0.579. The molecule has 1 N–H and O–H groups in total. The van der Waals surface area contributed by atoms with Gasteiger partial charge in [0.2, 0.25) is 5.91 Å². The number of sulfonamides is 1. The van der Waals surface area contributed by atoms with E-state index in [1.54, 1.807) is 37.3 Å². The van der Waals surface area contributed by atoms with Gasteiger partial charge in [0.1, 0.15) is 6.54 Å². The molecule has 11 heteroatoms. The van der Waals surface area contributed by atoms with E-state index in [0.717, 1.165) is 10.6 Å². The van der Waals surface area contributed by atoms with Crippen LogP contribution in [-0.2, 0) is 24.7 Å². The molecule has 0 bridgehead atoms. The van der Waals surface area contributed by atoms with Crippen LogP contribution in [0.2, 0.25) is 10.0 Å². The number of benzene rings is 3. The predicted octanol–water partition coefficient (Wildman–Crippen LogP) is 4.47. The zero-order valence-electron chi connectivity index (χ0n) is 18.3. The van der Waals surface area contributed by atoms with Gasteiger partial charge in [-0.15, -0.1) is 0 Å². The van der Waals surface area contributed by atoms with Gasteiger partial charge in [0.25, 0.3) is 10.0 Å². The minimum Gasteiger partial charge on any atom is -0.348 e. The van der Waals surface area contributed by atoms with Gasteiger partial charge in [0.15, 0.2) is 9.84 Å². The number of sulfone groups is 1. The molecule has 1 amide bonds. The first-order valence-electron chi connectivity index (χ1n) is 10.0. The van der Waals surface area contributed by atoms with E-state index in [0.29, 0.717) is 10.6 Å². The van der Waals surface area contributed by atoms with Crippen LogP contribution in [0.4, 0.5) is 5.69 Å². The summed E-state index contributed by atoms with van der Waals surface area (Å²) in [6, 6.07) is 17.6. The Bertz CT molecular complexity index is 1400. The van der Waals surface area contributed by atoms with Crippen LogP contribution in [0.3, 0.4) is 0 Å². The first-order chi connectivity index (χ1) is 15.9. The number of anilines is 1. The maximum Gasteiger partial charge on any atom is 0.264 e. The highest BCUT2D eigenvalue weighted by Crippen LogP contribution is 2.32. The third-order valence-electron chi connectivity index (χ3n) is 4.98. The van der Waals surface area contributed by atoms with Crippen LogP contribution in [0.1, 0.15) is 18.5 Å². The van der Waals surface area contributed by atoms with E-state index in [1.165, 1.54) is 42.5 Å². The van der Waals surface area contributed by atoms with Crippen molar-refractivity contribution in [3.05, 3.63) is 88.4 Å². The van der Waals surface area contributed by atoms with Crippen molar-refractivity contribution >= 4 is 54.7 Å². The van der Waals surface area contributed by atoms with Crippen LogP contribution in [-0.4, -0.2) is 35.5 Å². The predicted molar refractivity (Wildman–Crippen MR) is 134 cm³/mol. The lowest BCUT2D eigenvalue weighted by molar-refractivity contribution is -0.120. The van der Waals surface area contributed by atoms with Crippen molar-refractivity contribution in [2.45, 2.75) is 22.8 Å². The van der Waals surface area contributed by atoms with E-state index in [2.05, 4.69) is 5.32 Å². The molecular formula is C23H22Cl2N2O5S2. The van der Waals surface area contributed by atoms with Crippen molar-refractivity contribution in [1.82, 2.24) is 5.32 Å². The van der Waals surface area contributed by atoms with Crippen LogP contribution in [0.15, 0.2) is 82.6 Å². The first kappa shape index (κ1) is 26.0. The van der Waals surface area contributed by atoms with E-state index in [-0.39, 0.29) is 20.5 Å². The SMILES string of the molecule is CC(NC(=O)CN(c1ccc(Cl)cc1Cl)S(=O)(=O)c1ccccc1)c1ccc(S(C)(=O)=O)cc1. The molecule has 0 radical (unpaired) electrons. The Hall–Kier alpha value is -2.59. The molecule has 7 nitrogen and oxygen atoms in total. The molecule has 0 fully saturated rings. The second kappa shape index (κ2) is 10.4. The Balaban J connectivity index is 1.88. The van der Waals surface area contributed by atoms with Crippen molar-refractivity contribution in [2.24, 2.45) is 0 Å². The summed E-state index contributed by atoms with van der Waals surface area (Å²) in [5, 5.41) is 3.14. The molecule has 3 aromatic rings. The second-order valence-corrected chi connectivity index (χ2v) is 12.3. The fourth-order valence-electron chi connectivity index (χ4n) is 3.21. The van der Waals surface area contributed by atoms with Gasteiger partial charge < -0.3 is 5.32 Å². The molecule has 1 unspecified atom stereocenters. The lowest BCUT2D eigenvalue weighted by Crippen LogP contribution is -2.41. The van der Waals surface area contributed by atoms with Crippen molar-refractivity contribution in [3.8, 4) is 0 Å². The Morgan fingerprint density at radius 1 is 0.912 bits per heavy atom. The third-order valence-corrected chi connectivity index (χ3v) is 8.42. The molecule has 0 aliphatic rings. The summed E-state index contributed by atoms with van der Waals surface area (Å²) >= 11 is 12.2. The summed E-state index contributed by atoms with van der Waals surface area (Å²) in [4.78, 5) is 13.1. The number of carbonyl (C=O) groups is 1. The molecule has 1 atom stereocenters. The van der Waals surface area contributed by atoms with Crippen LogP contribution < -0.4 is 9.62 Å². The molecule has 0 saturated heterocycles. The number of rotatable bonds is 8. The Kier molecular flexibility index (Phi) is 7.92. The van der Waals surface area contributed by atoms with Crippen molar-refractivity contribution in [3.63, 3.8) is 0 Å². The average molecular weight is 541 g/mol. The molecule has 0 aliphatic heterocycles. The van der Waals surface area contributed by atoms with E-state index in [1.807, 2.05) is 0 Å². The Labute approximate surface area is 209 Å².